The highest BCUT2D eigenvalue weighted by Gasteiger charge is 2.58. The van der Waals surface area contributed by atoms with Gasteiger partial charge in [-0.15, -0.1) is 0 Å². The molecule has 4 aliphatic rings. The number of aliphatic hydroxyl groups excluding tert-OH is 2. The number of hydrogen-bond donors (Lipinski definition) is 2. The number of ether oxygens (including phenoxy) is 1. The quantitative estimate of drug-likeness (QED) is 0.529. The second-order valence-corrected chi connectivity index (χ2v) is 9.04. The van der Waals surface area contributed by atoms with Crippen LogP contribution in [0.1, 0.15) is 59.8 Å². The molecular formula is C20H28O4. The summed E-state index contributed by atoms with van der Waals surface area (Å²) in [5.41, 5.74) is 2.98. The van der Waals surface area contributed by atoms with Gasteiger partial charge >= 0.3 is 5.97 Å². The Balaban J connectivity index is 1.90. The van der Waals surface area contributed by atoms with E-state index in [4.69, 9.17) is 4.74 Å². The Bertz CT molecular complexity index is 671. The van der Waals surface area contributed by atoms with E-state index in [9.17, 15) is 15.0 Å². The number of aliphatic hydroxyl groups is 2. The van der Waals surface area contributed by atoms with E-state index in [2.05, 4.69) is 20.8 Å². The highest BCUT2D eigenvalue weighted by Crippen LogP contribution is 2.62. The van der Waals surface area contributed by atoms with Crippen molar-refractivity contribution in [3.05, 3.63) is 22.3 Å². The summed E-state index contributed by atoms with van der Waals surface area (Å²) in [7, 11) is 0. The van der Waals surface area contributed by atoms with Crippen molar-refractivity contribution in [2.24, 2.45) is 16.7 Å². The van der Waals surface area contributed by atoms with Crippen molar-refractivity contribution in [1.82, 2.24) is 0 Å². The maximum atomic E-state index is 12.2. The molecule has 3 aliphatic carbocycles. The first-order valence-electron chi connectivity index (χ1n) is 9.19. The van der Waals surface area contributed by atoms with E-state index in [0.717, 1.165) is 36.8 Å². The van der Waals surface area contributed by atoms with E-state index in [0.29, 0.717) is 17.1 Å². The highest BCUT2D eigenvalue weighted by molar-refractivity contribution is 5.91. The van der Waals surface area contributed by atoms with Crippen molar-refractivity contribution in [2.75, 3.05) is 0 Å². The normalized spacial score (nSPS) is 44.0. The van der Waals surface area contributed by atoms with Crippen LogP contribution in [0.2, 0.25) is 0 Å². The number of esters is 1. The highest BCUT2D eigenvalue weighted by atomic mass is 16.6. The van der Waals surface area contributed by atoms with Gasteiger partial charge in [0, 0.05) is 11.1 Å². The molecule has 4 rings (SSSR count). The Morgan fingerprint density at radius 3 is 2.58 bits per heavy atom. The second-order valence-electron chi connectivity index (χ2n) is 9.04. The van der Waals surface area contributed by atoms with Crippen LogP contribution in [0, 0.1) is 16.7 Å². The molecule has 0 saturated heterocycles. The summed E-state index contributed by atoms with van der Waals surface area (Å²) in [5, 5.41) is 21.7. The van der Waals surface area contributed by atoms with Crippen molar-refractivity contribution in [3.63, 3.8) is 0 Å². The van der Waals surface area contributed by atoms with E-state index in [-0.39, 0.29) is 10.8 Å². The van der Waals surface area contributed by atoms with E-state index < -0.39 is 24.3 Å². The Morgan fingerprint density at radius 1 is 1.17 bits per heavy atom. The fourth-order valence-corrected chi connectivity index (χ4v) is 6.29. The lowest BCUT2D eigenvalue weighted by Gasteiger charge is -2.58. The fraction of sp³-hybridized carbons (Fsp3) is 0.750. The lowest BCUT2D eigenvalue weighted by atomic mass is 9.48. The van der Waals surface area contributed by atoms with Crippen LogP contribution in [-0.2, 0) is 9.53 Å². The Labute approximate surface area is 143 Å². The van der Waals surface area contributed by atoms with Gasteiger partial charge in [0.05, 0.1) is 6.10 Å². The average Bonchev–Trinajstić information content (AvgIpc) is 2.48. The van der Waals surface area contributed by atoms with Crippen molar-refractivity contribution in [2.45, 2.75) is 78.1 Å². The predicted octanol–water partition coefficient (Wildman–Crippen LogP) is 2.89. The summed E-state index contributed by atoms with van der Waals surface area (Å²) >= 11 is 0. The first-order chi connectivity index (χ1) is 11.2. The minimum absolute atomic E-state index is 0.112. The first-order valence-corrected chi connectivity index (χ1v) is 9.19. The van der Waals surface area contributed by atoms with Crippen LogP contribution >= 0.6 is 0 Å². The van der Waals surface area contributed by atoms with Gasteiger partial charge in [0.25, 0.3) is 0 Å². The van der Waals surface area contributed by atoms with Crippen LogP contribution in [0.4, 0.5) is 0 Å². The standard InChI is InChI=1S/C20H28O4/c1-10-13-15(21)11-6-7-12-19(2,3)8-5-9-20(12,4)14(11)17(16(13)22)24-18(10)23/h12,15-17,21-22H,5-9H2,1-4H3/t12-,15+,16+,17-,20?/m1/s1. The summed E-state index contributed by atoms with van der Waals surface area (Å²) in [4.78, 5) is 12.2. The maximum Gasteiger partial charge on any atom is 0.334 e. The third kappa shape index (κ3) is 1.90. The summed E-state index contributed by atoms with van der Waals surface area (Å²) in [6.07, 6.45) is 2.91. The first kappa shape index (κ1) is 16.3. The van der Waals surface area contributed by atoms with Crippen molar-refractivity contribution >= 4 is 5.97 Å². The molecule has 0 radical (unpaired) electrons. The Morgan fingerprint density at radius 2 is 1.88 bits per heavy atom. The molecule has 24 heavy (non-hydrogen) atoms. The lowest BCUT2D eigenvalue weighted by Crippen LogP contribution is -2.56. The molecule has 1 unspecified atom stereocenters. The largest absolute Gasteiger partial charge is 0.451 e. The third-order valence-corrected chi connectivity index (χ3v) is 7.38. The van der Waals surface area contributed by atoms with Gasteiger partial charge in [-0.3, -0.25) is 0 Å². The molecule has 4 nitrogen and oxygen atoms in total. The predicted molar refractivity (Wildman–Crippen MR) is 90.1 cm³/mol. The molecule has 2 N–H and O–H groups in total. The van der Waals surface area contributed by atoms with Crippen molar-refractivity contribution < 1.29 is 19.7 Å². The summed E-state index contributed by atoms with van der Waals surface area (Å²) < 4.78 is 5.67. The molecule has 0 spiro atoms. The number of rotatable bonds is 0. The fourth-order valence-electron chi connectivity index (χ4n) is 6.29. The molecule has 1 heterocycles. The van der Waals surface area contributed by atoms with E-state index in [1.165, 1.54) is 6.42 Å². The molecule has 1 aliphatic heterocycles. The zero-order valence-electron chi connectivity index (χ0n) is 15.1. The van der Waals surface area contributed by atoms with Crippen LogP contribution in [-0.4, -0.2) is 34.5 Å². The zero-order chi connectivity index (χ0) is 17.4. The lowest BCUT2D eigenvalue weighted by molar-refractivity contribution is -0.153. The van der Waals surface area contributed by atoms with Gasteiger partial charge < -0.3 is 14.9 Å². The van der Waals surface area contributed by atoms with Crippen LogP contribution < -0.4 is 0 Å². The Kier molecular flexibility index (Phi) is 3.37. The SMILES string of the molecule is CC1=C2[C@@H](O)C3=C([C@@H](OC1=O)[C@H]2O)C1(C)CCCC(C)(C)[C@H]1CC3. The Hall–Kier alpha value is -1.13. The van der Waals surface area contributed by atoms with E-state index in [1.807, 2.05) is 0 Å². The summed E-state index contributed by atoms with van der Waals surface area (Å²) in [5.74, 6) is 0.0934. The number of carbonyl (C=O) groups excluding carboxylic acids is 1. The molecular weight excluding hydrogens is 304 g/mol. The minimum Gasteiger partial charge on any atom is -0.451 e. The molecule has 0 aromatic heterocycles. The van der Waals surface area contributed by atoms with Gasteiger partial charge in [0.1, 0.15) is 6.10 Å². The van der Waals surface area contributed by atoms with Gasteiger partial charge in [-0.2, -0.15) is 0 Å². The summed E-state index contributed by atoms with van der Waals surface area (Å²) in [6, 6.07) is 0. The van der Waals surface area contributed by atoms with Crippen molar-refractivity contribution in [1.29, 1.82) is 0 Å². The molecule has 5 atom stereocenters. The smallest absolute Gasteiger partial charge is 0.334 e. The molecule has 4 heteroatoms. The molecule has 2 bridgehead atoms. The number of hydrogen-bond acceptors (Lipinski definition) is 4. The van der Waals surface area contributed by atoms with Gasteiger partial charge in [-0.1, -0.05) is 27.2 Å². The van der Waals surface area contributed by atoms with E-state index in [1.54, 1.807) is 6.92 Å². The summed E-state index contributed by atoms with van der Waals surface area (Å²) in [6.45, 7) is 8.57. The van der Waals surface area contributed by atoms with Gasteiger partial charge in [0.15, 0.2) is 6.10 Å². The van der Waals surface area contributed by atoms with Crippen LogP contribution in [0.25, 0.3) is 0 Å². The molecule has 1 saturated carbocycles. The maximum absolute atomic E-state index is 12.2. The monoisotopic (exact) mass is 332 g/mol. The third-order valence-electron chi connectivity index (χ3n) is 7.38. The zero-order valence-corrected chi connectivity index (χ0v) is 15.1. The van der Waals surface area contributed by atoms with Crippen LogP contribution in [0.3, 0.4) is 0 Å². The molecule has 132 valence electrons. The number of carbonyl (C=O) groups is 1. The van der Waals surface area contributed by atoms with Crippen molar-refractivity contribution in [3.8, 4) is 0 Å². The minimum atomic E-state index is -0.905. The topological polar surface area (TPSA) is 66.8 Å². The average molecular weight is 332 g/mol. The second kappa shape index (κ2) is 4.95. The molecule has 0 aromatic rings. The molecule has 0 aromatic carbocycles. The number of fused-ring (bicyclic) bond motifs is 5. The molecule has 1 fully saturated rings. The van der Waals surface area contributed by atoms with Gasteiger partial charge in [0.2, 0.25) is 0 Å². The van der Waals surface area contributed by atoms with E-state index >= 15 is 0 Å². The van der Waals surface area contributed by atoms with Crippen LogP contribution in [0.5, 0.6) is 0 Å². The van der Waals surface area contributed by atoms with Gasteiger partial charge in [-0.05, 0) is 60.5 Å². The van der Waals surface area contributed by atoms with Gasteiger partial charge in [-0.25, -0.2) is 4.79 Å². The van der Waals surface area contributed by atoms with Crippen LogP contribution in [0.15, 0.2) is 22.3 Å². The molecule has 0 amide bonds.